The molecule has 0 N–H and O–H groups in total. The molecule has 0 aromatic rings. The largest absolute Gasteiger partial charge is 0.465 e. The number of esters is 2. The SMILES string of the molecule is CCCCCCC(CC)COC(=O)CCC(=O)OCC(CC)CCCCCC. The molecule has 0 saturated carbocycles. The summed E-state index contributed by atoms with van der Waals surface area (Å²) in [5, 5.41) is 0. The van der Waals surface area contributed by atoms with Crippen LogP contribution in [0.5, 0.6) is 0 Å². The normalized spacial score (nSPS) is 13.1. The van der Waals surface area contributed by atoms with Crippen molar-refractivity contribution in [1.82, 2.24) is 0 Å². The van der Waals surface area contributed by atoms with Gasteiger partial charge in [0.1, 0.15) is 0 Å². The molecule has 0 heterocycles. The Morgan fingerprint density at radius 1 is 0.607 bits per heavy atom. The first-order valence-corrected chi connectivity index (χ1v) is 11.9. The second-order valence-corrected chi connectivity index (χ2v) is 8.11. The second kappa shape index (κ2) is 19.3. The van der Waals surface area contributed by atoms with Crippen LogP contribution in [0.25, 0.3) is 0 Å². The molecule has 2 atom stereocenters. The van der Waals surface area contributed by atoms with E-state index in [0.717, 1.165) is 25.7 Å². The predicted molar refractivity (Wildman–Crippen MR) is 116 cm³/mol. The molecule has 0 radical (unpaired) electrons. The molecule has 4 nitrogen and oxygen atoms in total. The lowest BCUT2D eigenvalue weighted by atomic mass is 9.99. The Hall–Kier alpha value is -1.06. The van der Waals surface area contributed by atoms with Gasteiger partial charge in [-0.25, -0.2) is 0 Å². The molecule has 0 aromatic heterocycles. The lowest BCUT2D eigenvalue weighted by Crippen LogP contribution is -2.17. The van der Waals surface area contributed by atoms with Gasteiger partial charge in [0.25, 0.3) is 0 Å². The first-order valence-electron chi connectivity index (χ1n) is 11.9. The quantitative estimate of drug-likeness (QED) is 0.176. The minimum absolute atomic E-state index is 0.123. The van der Waals surface area contributed by atoms with E-state index in [2.05, 4.69) is 27.7 Å². The Morgan fingerprint density at radius 2 is 1.00 bits per heavy atom. The van der Waals surface area contributed by atoms with E-state index in [9.17, 15) is 9.59 Å². The summed E-state index contributed by atoms with van der Waals surface area (Å²) in [6, 6.07) is 0. The molecular weight excluding hydrogens is 352 g/mol. The average Bonchev–Trinajstić information content (AvgIpc) is 2.71. The van der Waals surface area contributed by atoms with Crippen molar-refractivity contribution in [1.29, 1.82) is 0 Å². The van der Waals surface area contributed by atoms with Crippen LogP contribution in [0.2, 0.25) is 0 Å². The maximum absolute atomic E-state index is 11.9. The van der Waals surface area contributed by atoms with Crippen LogP contribution < -0.4 is 0 Å². The lowest BCUT2D eigenvalue weighted by molar-refractivity contribution is -0.151. The zero-order valence-electron chi connectivity index (χ0n) is 19.1. The second-order valence-electron chi connectivity index (χ2n) is 8.11. The maximum atomic E-state index is 11.9. The molecule has 0 saturated heterocycles. The Kier molecular flexibility index (Phi) is 18.5. The van der Waals surface area contributed by atoms with Gasteiger partial charge in [0.15, 0.2) is 0 Å². The van der Waals surface area contributed by atoms with Gasteiger partial charge in [-0.2, -0.15) is 0 Å². The fourth-order valence-corrected chi connectivity index (χ4v) is 3.30. The first-order chi connectivity index (χ1) is 13.6. The number of hydrogen-bond acceptors (Lipinski definition) is 4. The van der Waals surface area contributed by atoms with Crippen LogP contribution in [-0.2, 0) is 19.1 Å². The molecule has 0 bridgehead atoms. The average molecular weight is 399 g/mol. The highest BCUT2D eigenvalue weighted by Gasteiger charge is 2.14. The standard InChI is InChI=1S/C24H46O4/c1-5-9-11-13-15-21(7-3)19-27-23(25)17-18-24(26)28-20-22(8-4)16-14-12-10-6-2/h21-22H,5-20H2,1-4H3. The van der Waals surface area contributed by atoms with E-state index in [4.69, 9.17) is 9.47 Å². The monoisotopic (exact) mass is 398 g/mol. The molecule has 0 rings (SSSR count). The number of ether oxygens (including phenoxy) is 2. The predicted octanol–water partition coefficient (Wildman–Crippen LogP) is 6.85. The zero-order valence-corrected chi connectivity index (χ0v) is 19.1. The van der Waals surface area contributed by atoms with E-state index < -0.39 is 0 Å². The number of carbonyl (C=O) groups is 2. The Bertz CT molecular complexity index is 345. The number of unbranched alkanes of at least 4 members (excludes halogenated alkanes) is 6. The summed E-state index contributed by atoms with van der Waals surface area (Å²) in [5.74, 6) is 0.308. The van der Waals surface area contributed by atoms with Gasteiger partial charge < -0.3 is 9.47 Å². The van der Waals surface area contributed by atoms with Gasteiger partial charge in [0.2, 0.25) is 0 Å². The zero-order chi connectivity index (χ0) is 21.0. The Balaban J connectivity index is 3.86. The van der Waals surface area contributed by atoms with Crippen LogP contribution in [0, 0.1) is 11.8 Å². The third kappa shape index (κ3) is 15.9. The summed E-state index contributed by atoms with van der Waals surface area (Å²) < 4.78 is 10.8. The summed E-state index contributed by atoms with van der Waals surface area (Å²) in [6.07, 6.45) is 14.5. The Morgan fingerprint density at radius 3 is 1.32 bits per heavy atom. The summed E-state index contributed by atoms with van der Waals surface area (Å²) >= 11 is 0. The highest BCUT2D eigenvalue weighted by molar-refractivity contribution is 5.77. The van der Waals surface area contributed by atoms with Crippen molar-refractivity contribution in [3.8, 4) is 0 Å². The highest BCUT2D eigenvalue weighted by atomic mass is 16.5. The molecular formula is C24H46O4. The van der Waals surface area contributed by atoms with Gasteiger partial charge in [0.05, 0.1) is 26.1 Å². The number of hydrogen-bond donors (Lipinski definition) is 0. The van der Waals surface area contributed by atoms with Crippen molar-refractivity contribution < 1.29 is 19.1 Å². The van der Waals surface area contributed by atoms with Crippen molar-refractivity contribution in [3.63, 3.8) is 0 Å². The Labute approximate surface area is 174 Å². The van der Waals surface area contributed by atoms with E-state index in [-0.39, 0.29) is 24.8 Å². The molecule has 4 heteroatoms. The minimum Gasteiger partial charge on any atom is -0.465 e. The van der Waals surface area contributed by atoms with Crippen LogP contribution in [0.4, 0.5) is 0 Å². The summed E-state index contributed by atoms with van der Waals surface area (Å²) in [5.41, 5.74) is 0. The third-order valence-corrected chi connectivity index (χ3v) is 5.58. The van der Waals surface area contributed by atoms with Gasteiger partial charge in [0, 0.05) is 0 Å². The fraction of sp³-hybridized carbons (Fsp3) is 0.917. The van der Waals surface area contributed by atoms with Crippen molar-refractivity contribution in [2.75, 3.05) is 13.2 Å². The minimum atomic E-state index is -0.282. The number of carbonyl (C=O) groups excluding carboxylic acids is 2. The van der Waals surface area contributed by atoms with E-state index >= 15 is 0 Å². The lowest BCUT2D eigenvalue weighted by Gasteiger charge is -2.16. The van der Waals surface area contributed by atoms with Gasteiger partial charge in [-0.1, -0.05) is 91.9 Å². The smallest absolute Gasteiger partial charge is 0.306 e. The fourth-order valence-electron chi connectivity index (χ4n) is 3.30. The molecule has 0 aliphatic carbocycles. The van der Waals surface area contributed by atoms with Crippen LogP contribution >= 0.6 is 0 Å². The molecule has 0 aliphatic rings. The summed E-state index contributed by atoms with van der Waals surface area (Å²) in [6.45, 7) is 9.66. The molecule has 0 aliphatic heterocycles. The summed E-state index contributed by atoms with van der Waals surface area (Å²) in [7, 11) is 0. The van der Waals surface area contributed by atoms with Crippen molar-refractivity contribution in [2.24, 2.45) is 11.8 Å². The number of rotatable bonds is 19. The van der Waals surface area contributed by atoms with Crippen LogP contribution in [0.1, 0.15) is 118 Å². The van der Waals surface area contributed by atoms with Gasteiger partial charge >= 0.3 is 11.9 Å². The van der Waals surface area contributed by atoms with Crippen molar-refractivity contribution in [3.05, 3.63) is 0 Å². The van der Waals surface area contributed by atoms with Gasteiger partial charge in [-0.15, -0.1) is 0 Å². The van der Waals surface area contributed by atoms with E-state index in [1.54, 1.807) is 0 Å². The molecule has 0 aromatic carbocycles. The topological polar surface area (TPSA) is 52.6 Å². The van der Waals surface area contributed by atoms with Crippen molar-refractivity contribution in [2.45, 2.75) is 118 Å². The van der Waals surface area contributed by atoms with E-state index in [1.165, 1.54) is 51.4 Å². The van der Waals surface area contributed by atoms with Gasteiger partial charge in [-0.3, -0.25) is 9.59 Å². The molecule has 0 spiro atoms. The first kappa shape index (κ1) is 26.9. The molecule has 28 heavy (non-hydrogen) atoms. The van der Waals surface area contributed by atoms with E-state index in [1.807, 2.05) is 0 Å². The van der Waals surface area contributed by atoms with Crippen LogP contribution in [-0.4, -0.2) is 25.2 Å². The van der Waals surface area contributed by atoms with E-state index in [0.29, 0.717) is 25.0 Å². The highest BCUT2D eigenvalue weighted by Crippen LogP contribution is 2.16. The molecule has 0 amide bonds. The van der Waals surface area contributed by atoms with Crippen LogP contribution in [0.3, 0.4) is 0 Å². The summed E-state index contributed by atoms with van der Waals surface area (Å²) in [4.78, 5) is 23.8. The maximum Gasteiger partial charge on any atom is 0.306 e. The van der Waals surface area contributed by atoms with Gasteiger partial charge in [-0.05, 0) is 24.7 Å². The van der Waals surface area contributed by atoms with Crippen LogP contribution in [0.15, 0.2) is 0 Å². The third-order valence-electron chi connectivity index (χ3n) is 5.58. The van der Waals surface area contributed by atoms with Crippen molar-refractivity contribution >= 4 is 11.9 Å². The molecule has 2 unspecified atom stereocenters. The molecule has 166 valence electrons. The molecule has 0 fully saturated rings.